The summed E-state index contributed by atoms with van der Waals surface area (Å²) in [4.78, 5) is 22.9. The van der Waals surface area contributed by atoms with Crippen LogP contribution in [0.3, 0.4) is 0 Å². The Morgan fingerprint density at radius 1 is 1.42 bits per heavy atom. The Balaban J connectivity index is 2.60. The van der Waals surface area contributed by atoms with Crippen molar-refractivity contribution in [2.45, 2.75) is 39.7 Å². The van der Waals surface area contributed by atoms with E-state index in [4.69, 9.17) is 5.11 Å². The second kappa shape index (κ2) is 5.83. The van der Waals surface area contributed by atoms with Gasteiger partial charge in [-0.25, -0.2) is 0 Å². The van der Waals surface area contributed by atoms with Gasteiger partial charge in [0.2, 0.25) is 5.91 Å². The zero-order chi connectivity index (χ0) is 14.6. The predicted octanol–water partition coefficient (Wildman–Crippen LogP) is 0.808. The third-order valence-electron chi connectivity index (χ3n) is 3.21. The Morgan fingerprint density at radius 3 is 2.47 bits per heavy atom. The molecule has 4 N–H and O–H groups in total. The second-order valence-corrected chi connectivity index (χ2v) is 4.70. The average molecular weight is 268 g/mol. The van der Waals surface area contributed by atoms with Gasteiger partial charge >= 0.3 is 5.97 Å². The summed E-state index contributed by atoms with van der Waals surface area (Å²) in [6.45, 7) is 6.82. The van der Waals surface area contributed by atoms with Gasteiger partial charge < -0.3 is 10.4 Å². The first-order chi connectivity index (χ1) is 8.80. The van der Waals surface area contributed by atoms with Gasteiger partial charge in [0.1, 0.15) is 5.54 Å². The highest BCUT2D eigenvalue weighted by Gasteiger charge is 2.30. The van der Waals surface area contributed by atoms with Crippen molar-refractivity contribution in [3.63, 3.8) is 0 Å². The molecule has 0 radical (unpaired) electrons. The van der Waals surface area contributed by atoms with Crippen LogP contribution in [0.25, 0.3) is 0 Å². The van der Waals surface area contributed by atoms with Gasteiger partial charge in [0, 0.05) is 0 Å². The summed E-state index contributed by atoms with van der Waals surface area (Å²) in [5.74, 6) is -1.27. The third-order valence-corrected chi connectivity index (χ3v) is 3.21. The minimum absolute atomic E-state index is 0.0687. The Labute approximate surface area is 111 Å². The SMILES string of the molecule is CCC(C)(NCC(=O)Nc1c(C)n[nH]c1C)C(=O)O. The Bertz CT molecular complexity index is 464. The molecule has 106 valence electrons. The largest absolute Gasteiger partial charge is 0.480 e. The number of aryl methyl sites for hydroxylation is 2. The highest BCUT2D eigenvalue weighted by Crippen LogP contribution is 2.15. The Hall–Kier alpha value is -1.89. The zero-order valence-electron chi connectivity index (χ0n) is 11.6. The molecule has 1 amide bonds. The maximum Gasteiger partial charge on any atom is 0.323 e. The quantitative estimate of drug-likeness (QED) is 0.610. The number of carboxylic acid groups (broad SMARTS) is 1. The molecule has 0 fully saturated rings. The first-order valence-electron chi connectivity index (χ1n) is 6.10. The molecule has 7 heteroatoms. The van der Waals surface area contributed by atoms with E-state index in [0.29, 0.717) is 17.8 Å². The van der Waals surface area contributed by atoms with E-state index in [0.717, 1.165) is 5.69 Å². The molecule has 0 bridgehead atoms. The van der Waals surface area contributed by atoms with E-state index in [9.17, 15) is 9.59 Å². The Morgan fingerprint density at radius 2 is 2.05 bits per heavy atom. The van der Waals surface area contributed by atoms with Crippen molar-refractivity contribution in [2.24, 2.45) is 0 Å². The first-order valence-corrected chi connectivity index (χ1v) is 6.10. The molecule has 0 spiro atoms. The van der Waals surface area contributed by atoms with Crippen molar-refractivity contribution in [2.75, 3.05) is 11.9 Å². The molecule has 0 aliphatic rings. The fraction of sp³-hybridized carbons (Fsp3) is 0.583. The number of nitrogens with zero attached hydrogens (tertiary/aromatic N) is 1. The van der Waals surface area contributed by atoms with Crippen LogP contribution in [0, 0.1) is 13.8 Å². The van der Waals surface area contributed by atoms with Crippen LogP contribution in [0.4, 0.5) is 5.69 Å². The van der Waals surface area contributed by atoms with Crippen LogP contribution < -0.4 is 10.6 Å². The number of H-pyrrole nitrogens is 1. The molecule has 0 saturated heterocycles. The van der Waals surface area contributed by atoms with Gasteiger partial charge in [0.25, 0.3) is 0 Å². The Kier molecular flexibility index (Phi) is 4.66. The van der Waals surface area contributed by atoms with Gasteiger partial charge in [-0.05, 0) is 27.2 Å². The normalized spacial score (nSPS) is 13.9. The summed E-state index contributed by atoms with van der Waals surface area (Å²) >= 11 is 0. The van der Waals surface area contributed by atoms with E-state index < -0.39 is 11.5 Å². The lowest BCUT2D eigenvalue weighted by atomic mass is 9.99. The van der Waals surface area contributed by atoms with E-state index in [1.54, 1.807) is 27.7 Å². The second-order valence-electron chi connectivity index (χ2n) is 4.70. The smallest absolute Gasteiger partial charge is 0.323 e. The van der Waals surface area contributed by atoms with E-state index in [1.807, 2.05) is 0 Å². The van der Waals surface area contributed by atoms with Crippen LogP contribution in [0.5, 0.6) is 0 Å². The number of rotatable bonds is 6. The molecule has 1 unspecified atom stereocenters. The van der Waals surface area contributed by atoms with E-state index in [-0.39, 0.29) is 12.5 Å². The standard InChI is InChI=1S/C12H20N4O3/c1-5-12(4,11(18)19)13-6-9(17)14-10-7(2)15-16-8(10)3/h13H,5-6H2,1-4H3,(H,14,17)(H,15,16)(H,18,19). The number of aromatic nitrogens is 2. The molecule has 0 saturated carbocycles. The van der Waals surface area contributed by atoms with Crippen LogP contribution in [-0.2, 0) is 9.59 Å². The minimum atomic E-state index is -1.10. The van der Waals surface area contributed by atoms with Gasteiger partial charge in [-0.3, -0.25) is 20.0 Å². The molecule has 19 heavy (non-hydrogen) atoms. The molecule has 1 atom stereocenters. The van der Waals surface area contributed by atoms with Crippen molar-refractivity contribution >= 4 is 17.6 Å². The van der Waals surface area contributed by atoms with Crippen molar-refractivity contribution in [3.05, 3.63) is 11.4 Å². The summed E-state index contributed by atoms with van der Waals surface area (Å²) in [6, 6.07) is 0. The average Bonchev–Trinajstić information content (AvgIpc) is 2.67. The van der Waals surface area contributed by atoms with Gasteiger partial charge in [0.05, 0.1) is 23.6 Å². The fourth-order valence-electron chi connectivity index (χ4n) is 1.55. The highest BCUT2D eigenvalue weighted by molar-refractivity contribution is 5.93. The number of hydrogen-bond donors (Lipinski definition) is 4. The van der Waals surface area contributed by atoms with E-state index >= 15 is 0 Å². The molecular weight excluding hydrogens is 248 g/mol. The maximum atomic E-state index is 11.8. The molecular formula is C12H20N4O3. The van der Waals surface area contributed by atoms with E-state index in [1.165, 1.54) is 0 Å². The number of nitrogens with one attached hydrogen (secondary N) is 3. The van der Waals surface area contributed by atoms with Gasteiger partial charge in [-0.1, -0.05) is 6.92 Å². The number of carboxylic acids is 1. The highest BCUT2D eigenvalue weighted by atomic mass is 16.4. The third kappa shape index (κ3) is 3.54. The minimum Gasteiger partial charge on any atom is -0.480 e. The molecule has 7 nitrogen and oxygen atoms in total. The van der Waals surface area contributed by atoms with Gasteiger partial charge in [-0.2, -0.15) is 5.10 Å². The summed E-state index contributed by atoms with van der Waals surface area (Å²) in [7, 11) is 0. The summed E-state index contributed by atoms with van der Waals surface area (Å²) < 4.78 is 0. The fourth-order valence-corrected chi connectivity index (χ4v) is 1.55. The van der Waals surface area contributed by atoms with Crippen LogP contribution in [0.15, 0.2) is 0 Å². The molecule has 1 aromatic heterocycles. The van der Waals surface area contributed by atoms with Crippen LogP contribution in [0.1, 0.15) is 31.7 Å². The lowest BCUT2D eigenvalue weighted by Gasteiger charge is -2.24. The predicted molar refractivity (Wildman–Crippen MR) is 71.0 cm³/mol. The van der Waals surface area contributed by atoms with Crippen LogP contribution in [-0.4, -0.2) is 39.3 Å². The monoisotopic (exact) mass is 268 g/mol. The number of amides is 1. The van der Waals surface area contributed by atoms with Crippen molar-refractivity contribution in [1.29, 1.82) is 0 Å². The molecule has 1 heterocycles. The summed E-state index contributed by atoms with van der Waals surface area (Å²) in [5.41, 5.74) is 1.00. The summed E-state index contributed by atoms with van der Waals surface area (Å²) in [5, 5.41) is 21.3. The molecule has 0 aliphatic heterocycles. The molecule has 1 rings (SSSR count). The topological polar surface area (TPSA) is 107 Å². The van der Waals surface area contributed by atoms with Crippen LogP contribution in [0.2, 0.25) is 0 Å². The van der Waals surface area contributed by atoms with Crippen molar-refractivity contribution in [3.8, 4) is 0 Å². The van der Waals surface area contributed by atoms with E-state index in [2.05, 4.69) is 20.8 Å². The number of aliphatic carboxylic acids is 1. The number of anilines is 1. The lowest BCUT2D eigenvalue weighted by molar-refractivity contribution is -0.144. The number of carbonyl (C=O) groups excluding carboxylic acids is 1. The number of aromatic amines is 1. The maximum absolute atomic E-state index is 11.8. The molecule has 0 aromatic carbocycles. The molecule has 0 aliphatic carbocycles. The van der Waals surface area contributed by atoms with Crippen molar-refractivity contribution in [1.82, 2.24) is 15.5 Å². The number of hydrogen-bond acceptors (Lipinski definition) is 4. The van der Waals surface area contributed by atoms with Gasteiger partial charge in [-0.15, -0.1) is 0 Å². The van der Waals surface area contributed by atoms with Crippen molar-refractivity contribution < 1.29 is 14.7 Å². The zero-order valence-corrected chi connectivity index (χ0v) is 11.6. The first kappa shape index (κ1) is 15.2. The lowest BCUT2D eigenvalue weighted by Crippen LogP contribution is -2.51. The number of carbonyl (C=O) groups is 2. The van der Waals surface area contributed by atoms with Crippen LogP contribution >= 0.6 is 0 Å². The summed E-state index contributed by atoms with van der Waals surface area (Å²) in [6.07, 6.45) is 0.388. The molecule has 1 aromatic rings. The van der Waals surface area contributed by atoms with Gasteiger partial charge in [0.15, 0.2) is 0 Å².